The topological polar surface area (TPSA) is 26.3 Å². The van der Waals surface area contributed by atoms with Gasteiger partial charge in [-0.3, -0.25) is 0 Å². The molecule has 15 heavy (non-hydrogen) atoms. The molecule has 0 bridgehead atoms. The van der Waals surface area contributed by atoms with Crippen molar-refractivity contribution in [2.45, 2.75) is 19.4 Å². The number of terminal acetylenes is 1. The van der Waals surface area contributed by atoms with Crippen molar-refractivity contribution in [3.05, 3.63) is 35.6 Å². The highest BCUT2D eigenvalue weighted by atomic mass is 19.1. The minimum Gasteiger partial charge on any atom is -0.443 e. The maximum atomic E-state index is 12.6. The maximum Gasteiger partial charge on any atom is 0.339 e. The molecule has 1 aromatic carbocycles. The summed E-state index contributed by atoms with van der Waals surface area (Å²) in [4.78, 5) is 11.5. The Bertz CT molecular complexity index is 399. The van der Waals surface area contributed by atoms with Crippen molar-refractivity contribution >= 4 is 5.97 Å². The Morgan fingerprint density at radius 3 is 2.40 bits per heavy atom. The van der Waals surface area contributed by atoms with E-state index in [0.717, 1.165) is 0 Å². The highest BCUT2D eigenvalue weighted by Crippen LogP contribution is 2.12. The number of hydrogen-bond acceptors (Lipinski definition) is 2. The summed E-state index contributed by atoms with van der Waals surface area (Å²) in [5.41, 5.74) is -0.675. The van der Waals surface area contributed by atoms with Gasteiger partial charge in [-0.2, -0.15) is 0 Å². The molecule has 1 aromatic rings. The number of ether oxygens (including phenoxy) is 1. The van der Waals surface area contributed by atoms with Crippen LogP contribution in [0.25, 0.3) is 0 Å². The van der Waals surface area contributed by atoms with E-state index in [1.54, 1.807) is 13.8 Å². The molecule has 1 rings (SSSR count). The van der Waals surface area contributed by atoms with Crippen LogP contribution >= 0.6 is 0 Å². The van der Waals surface area contributed by atoms with E-state index >= 15 is 0 Å². The number of carbonyl (C=O) groups excluding carboxylic acids is 1. The summed E-state index contributed by atoms with van der Waals surface area (Å²) in [6.45, 7) is 3.21. The third-order valence-electron chi connectivity index (χ3n) is 1.78. The number of esters is 1. The standard InChI is InChI=1S/C12H11FO2/c1-4-12(2,3)15-11(14)9-5-7-10(13)8-6-9/h1,5-8H,2-3H3. The first-order valence-electron chi connectivity index (χ1n) is 4.41. The summed E-state index contributed by atoms with van der Waals surface area (Å²) >= 11 is 0. The van der Waals surface area contributed by atoms with Gasteiger partial charge in [0.05, 0.1) is 5.56 Å². The van der Waals surface area contributed by atoms with Crippen molar-refractivity contribution < 1.29 is 13.9 Å². The Kier molecular flexibility index (Phi) is 3.11. The van der Waals surface area contributed by atoms with Gasteiger partial charge in [-0.25, -0.2) is 9.18 Å². The lowest BCUT2D eigenvalue weighted by Gasteiger charge is -2.18. The Morgan fingerprint density at radius 1 is 1.40 bits per heavy atom. The lowest BCUT2D eigenvalue weighted by atomic mass is 10.1. The molecule has 78 valence electrons. The summed E-state index contributed by atoms with van der Waals surface area (Å²) in [7, 11) is 0. The van der Waals surface area contributed by atoms with Crippen molar-refractivity contribution in [3.63, 3.8) is 0 Å². The van der Waals surface area contributed by atoms with Crippen LogP contribution in [0.3, 0.4) is 0 Å². The number of halogens is 1. The van der Waals surface area contributed by atoms with E-state index in [-0.39, 0.29) is 5.56 Å². The third kappa shape index (κ3) is 3.10. The van der Waals surface area contributed by atoms with Crippen LogP contribution in [-0.2, 0) is 4.74 Å². The molecule has 0 unspecified atom stereocenters. The predicted octanol–water partition coefficient (Wildman–Crippen LogP) is 2.39. The van der Waals surface area contributed by atoms with Crippen LogP contribution < -0.4 is 0 Å². The van der Waals surface area contributed by atoms with Crippen LogP contribution in [0.1, 0.15) is 24.2 Å². The lowest BCUT2D eigenvalue weighted by Crippen LogP contribution is -2.25. The fraction of sp³-hybridized carbons (Fsp3) is 0.250. The highest BCUT2D eigenvalue weighted by molar-refractivity contribution is 5.89. The lowest BCUT2D eigenvalue weighted by molar-refractivity contribution is 0.0205. The van der Waals surface area contributed by atoms with Gasteiger partial charge in [-0.05, 0) is 38.1 Å². The Hall–Kier alpha value is -1.82. The van der Waals surface area contributed by atoms with E-state index in [9.17, 15) is 9.18 Å². The molecule has 0 saturated carbocycles. The van der Waals surface area contributed by atoms with Crippen LogP contribution in [0.5, 0.6) is 0 Å². The monoisotopic (exact) mass is 206 g/mol. The molecule has 0 aliphatic heterocycles. The fourth-order valence-corrected chi connectivity index (χ4v) is 0.906. The van der Waals surface area contributed by atoms with Crippen LogP contribution in [-0.4, -0.2) is 11.6 Å². The molecule has 0 atom stereocenters. The second-order valence-corrected chi connectivity index (χ2v) is 3.55. The third-order valence-corrected chi connectivity index (χ3v) is 1.78. The van der Waals surface area contributed by atoms with Gasteiger partial charge in [0, 0.05) is 0 Å². The first kappa shape index (κ1) is 11.3. The summed E-state index contributed by atoms with van der Waals surface area (Å²) in [6.07, 6.45) is 5.17. The molecule has 0 heterocycles. The van der Waals surface area contributed by atoms with Gasteiger partial charge in [-0.15, -0.1) is 6.42 Å². The summed E-state index contributed by atoms with van der Waals surface area (Å²) in [5, 5.41) is 0. The van der Waals surface area contributed by atoms with Crippen molar-refractivity contribution in [1.82, 2.24) is 0 Å². The van der Waals surface area contributed by atoms with Crippen LogP contribution in [0, 0.1) is 18.2 Å². The molecule has 0 saturated heterocycles. The summed E-state index contributed by atoms with van der Waals surface area (Å²) in [5.74, 6) is 1.38. The average molecular weight is 206 g/mol. The second-order valence-electron chi connectivity index (χ2n) is 3.55. The first-order chi connectivity index (χ1) is 6.94. The molecule has 2 nitrogen and oxygen atoms in total. The van der Waals surface area contributed by atoms with E-state index in [1.807, 2.05) is 0 Å². The number of rotatable bonds is 2. The summed E-state index contributed by atoms with van der Waals surface area (Å²) < 4.78 is 17.6. The molecular formula is C12H11FO2. The quantitative estimate of drug-likeness (QED) is 0.548. The van der Waals surface area contributed by atoms with E-state index < -0.39 is 17.4 Å². The molecule has 0 N–H and O–H groups in total. The predicted molar refractivity (Wildman–Crippen MR) is 54.7 cm³/mol. The molecule has 3 heteroatoms. The average Bonchev–Trinajstić information content (AvgIpc) is 2.18. The number of benzene rings is 1. The molecular weight excluding hydrogens is 195 g/mol. The Labute approximate surface area is 88.1 Å². The summed E-state index contributed by atoms with van der Waals surface area (Å²) in [6, 6.07) is 5.09. The van der Waals surface area contributed by atoms with Gasteiger partial charge in [0.25, 0.3) is 0 Å². The van der Waals surface area contributed by atoms with Crippen LogP contribution in [0.2, 0.25) is 0 Å². The van der Waals surface area contributed by atoms with Crippen molar-refractivity contribution in [2.24, 2.45) is 0 Å². The van der Waals surface area contributed by atoms with Gasteiger partial charge >= 0.3 is 5.97 Å². The van der Waals surface area contributed by atoms with E-state index in [4.69, 9.17) is 11.2 Å². The van der Waals surface area contributed by atoms with E-state index in [0.29, 0.717) is 0 Å². The van der Waals surface area contributed by atoms with Crippen molar-refractivity contribution in [2.75, 3.05) is 0 Å². The Balaban J connectivity index is 2.79. The highest BCUT2D eigenvalue weighted by Gasteiger charge is 2.20. The van der Waals surface area contributed by atoms with Crippen LogP contribution in [0.4, 0.5) is 4.39 Å². The molecule has 0 fully saturated rings. The van der Waals surface area contributed by atoms with Gasteiger partial charge in [0.1, 0.15) is 5.82 Å². The number of hydrogen-bond donors (Lipinski definition) is 0. The zero-order valence-electron chi connectivity index (χ0n) is 8.58. The molecule has 0 aliphatic rings. The zero-order valence-corrected chi connectivity index (χ0v) is 8.58. The normalized spacial score (nSPS) is 10.5. The van der Waals surface area contributed by atoms with Crippen molar-refractivity contribution in [1.29, 1.82) is 0 Å². The minimum atomic E-state index is -0.953. The van der Waals surface area contributed by atoms with Gasteiger partial charge in [0.2, 0.25) is 0 Å². The minimum absolute atomic E-state index is 0.278. The first-order valence-corrected chi connectivity index (χ1v) is 4.41. The van der Waals surface area contributed by atoms with Crippen LogP contribution in [0.15, 0.2) is 24.3 Å². The largest absolute Gasteiger partial charge is 0.443 e. The molecule has 0 spiro atoms. The van der Waals surface area contributed by atoms with Gasteiger partial charge in [0.15, 0.2) is 5.60 Å². The molecule has 0 radical (unpaired) electrons. The van der Waals surface area contributed by atoms with Gasteiger partial charge in [-0.1, -0.05) is 5.92 Å². The van der Waals surface area contributed by atoms with Crippen molar-refractivity contribution in [3.8, 4) is 12.3 Å². The zero-order chi connectivity index (χ0) is 11.5. The molecule has 0 amide bonds. The fourth-order valence-electron chi connectivity index (χ4n) is 0.906. The number of carbonyl (C=O) groups is 1. The maximum absolute atomic E-state index is 12.6. The molecule has 0 aliphatic carbocycles. The Morgan fingerprint density at radius 2 is 1.93 bits per heavy atom. The van der Waals surface area contributed by atoms with E-state index in [1.165, 1.54) is 24.3 Å². The smallest absolute Gasteiger partial charge is 0.339 e. The SMILES string of the molecule is C#CC(C)(C)OC(=O)c1ccc(F)cc1. The van der Waals surface area contributed by atoms with E-state index in [2.05, 4.69) is 5.92 Å². The molecule has 0 aromatic heterocycles. The van der Waals surface area contributed by atoms with Gasteiger partial charge < -0.3 is 4.74 Å². The second kappa shape index (κ2) is 4.14.